The first kappa shape index (κ1) is 27.0. The lowest BCUT2D eigenvalue weighted by Crippen LogP contribution is -2.13. The van der Waals surface area contributed by atoms with Gasteiger partial charge in [0.25, 0.3) is 0 Å². The van der Waals surface area contributed by atoms with Crippen LogP contribution in [-0.2, 0) is 0 Å². The molecule has 210 valence electrons. The molecule has 7 aromatic carbocycles. The van der Waals surface area contributed by atoms with Crippen molar-refractivity contribution in [3.8, 4) is 0 Å². The molecule has 0 fully saturated rings. The lowest BCUT2D eigenvalue weighted by atomic mass is 10.0. The van der Waals surface area contributed by atoms with Gasteiger partial charge in [-0.3, -0.25) is 0 Å². The number of fused-ring (bicyclic) bond motifs is 2. The summed E-state index contributed by atoms with van der Waals surface area (Å²) in [6.07, 6.45) is 3.78. The highest BCUT2D eigenvalue weighted by molar-refractivity contribution is 6.00. The van der Waals surface area contributed by atoms with Crippen LogP contribution in [-0.4, -0.2) is 0 Å². The van der Waals surface area contributed by atoms with E-state index in [4.69, 9.17) is 0 Å². The standard InChI is InChI=1S/C42H32N2/c1-3-31-22-24-35(25-23-31)43(41-20-10-15-33-13-5-7-18-39(33)41)36-26-28-37(29-27-36)44(38-17-9-12-32(4-2)30-38)42-21-11-16-34-14-6-8-19-40(34)42/h3-30H,1-2H2. The fraction of sp³-hybridized carbons (Fsp3) is 0. The Morgan fingerprint density at radius 3 is 1.32 bits per heavy atom. The van der Waals surface area contributed by atoms with E-state index < -0.39 is 0 Å². The molecule has 0 aliphatic rings. The SMILES string of the molecule is C=Cc1ccc(N(c2ccc(N(c3cccc(C=C)c3)c3cccc4ccccc34)cc2)c2cccc3ccccc23)cc1. The Morgan fingerprint density at radius 1 is 0.364 bits per heavy atom. The molecule has 0 saturated carbocycles. The van der Waals surface area contributed by atoms with Crippen LogP contribution in [0.5, 0.6) is 0 Å². The number of benzene rings is 7. The molecule has 0 aliphatic carbocycles. The molecule has 0 atom stereocenters. The third-order valence-electron chi connectivity index (χ3n) is 8.13. The normalized spacial score (nSPS) is 10.9. The molecule has 44 heavy (non-hydrogen) atoms. The first-order valence-electron chi connectivity index (χ1n) is 14.8. The van der Waals surface area contributed by atoms with Crippen molar-refractivity contribution in [2.24, 2.45) is 0 Å². The van der Waals surface area contributed by atoms with Crippen LogP contribution in [0.1, 0.15) is 11.1 Å². The maximum atomic E-state index is 4.02. The topological polar surface area (TPSA) is 6.48 Å². The van der Waals surface area contributed by atoms with Crippen molar-refractivity contribution >= 4 is 67.8 Å². The molecule has 7 rings (SSSR count). The summed E-state index contributed by atoms with van der Waals surface area (Å²) in [5, 5.41) is 4.81. The van der Waals surface area contributed by atoms with Gasteiger partial charge in [-0.1, -0.05) is 122 Å². The van der Waals surface area contributed by atoms with E-state index in [9.17, 15) is 0 Å². The van der Waals surface area contributed by atoms with Crippen molar-refractivity contribution in [1.29, 1.82) is 0 Å². The Labute approximate surface area is 259 Å². The monoisotopic (exact) mass is 564 g/mol. The zero-order valence-electron chi connectivity index (χ0n) is 24.5. The largest absolute Gasteiger partial charge is 0.310 e. The molecule has 0 bridgehead atoms. The summed E-state index contributed by atoms with van der Waals surface area (Å²) in [5.41, 5.74) is 8.75. The van der Waals surface area contributed by atoms with Crippen LogP contribution >= 0.6 is 0 Å². The zero-order valence-corrected chi connectivity index (χ0v) is 24.5. The molecule has 7 aromatic rings. The van der Waals surface area contributed by atoms with Crippen LogP contribution in [0.15, 0.2) is 171 Å². The smallest absolute Gasteiger partial charge is 0.0540 e. The zero-order chi connectivity index (χ0) is 29.9. The molecule has 0 aromatic heterocycles. The Bertz CT molecular complexity index is 2100. The van der Waals surface area contributed by atoms with Gasteiger partial charge < -0.3 is 9.80 Å². The lowest BCUT2D eigenvalue weighted by Gasteiger charge is -2.29. The molecule has 0 spiro atoms. The minimum absolute atomic E-state index is 1.08. The lowest BCUT2D eigenvalue weighted by molar-refractivity contribution is 1.27. The minimum atomic E-state index is 1.08. The van der Waals surface area contributed by atoms with Gasteiger partial charge in [0.1, 0.15) is 0 Å². The minimum Gasteiger partial charge on any atom is -0.310 e. The second kappa shape index (κ2) is 11.8. The van der Waals surface area contributed by atoms with Gasteiger partial charge in [0.15, 0.2) is 0 Å². The molecule has 0 unspecified atom stereocenters. The van der Waals surface area contributed by atoms with Gasteiger partial charge in [0, 0.05) is 33.5 Å². The summed E-state index contributed by atoms with van der Waals surface area (Å²) in [6, 6.07) is 56.0. The van der Waals surface area contributed by atoms with E-state index in [1.807, 2.05) is 12.2 Å². The van der Waals surface area contributed by atoms with Crippen molar-refractivity contribution in [3.05, 3.63) is 182 Å². The van der Waals surface area contributed by atoms with Crippen LogP contribution in [0.3, 0.4) is 0 Å². The quantitative estimate of drug-likeness (QED) is 0.181. The second-order valence-electron chi connectivity index (χ2n) is 10.8. The molecule has 2 nitrogen and oxygen atoms in total. The van der Waals surface area contributed by atoms with E-state index in [1.54, 1.807) is 0 Å². The summed E-state index contributed by atoms with van der Waals surface area (Å²) < 4.78 is 0. The first-order valence-corrected chi connectivity index (χ1v) is 14.8. The number of hydrogen-bond acceptors (Lipinski definition) is 2. The average molecular weight is 565 g/mol. The van der Waals surface area contributed by atoms with Crippen LogP contribution in [0.25, 0.3) is 33.7 Å². The van der Waals surface area contributed by atoms with Gasteiger partial charge in [-0.25, -0.2) is 0 Å². The molecular formula is C42H32N2. The molecule has 0 radical (unpaired) electrons. The fourth-order valence-corrected chi connectivity index (χ4v) is 5.96. The molecule has 0 saturated heterocycles. The van der Waals surface area contributed by atoms with Crippen molar-refractivity contribution in [2.75, 3.05) is 9.80 Å². The molecule has 0 amide bonds. The highest BCUT2D eigenvalue weighted by atomic mass is 15.2. The first-order chi connectivity index (χ1) is 21.7. The Hall–Kier alpha value is -5.86. The van der Waals surface area contributed by atoms with Gasteiger partial charge in [0.2, 0.25) is 0 Å². The molecule has 0 heterocycles. The Kier molecular flexibility index (Phi) is 7.24. The summed E-state index contributed by atoms with van der Waals surface area (Å²) in [7, 11) is 0. The second-order valence-corrected chi connectivity index (χ2v) is 10.8. The summed E-state index contributed by atoms with van der Waals surface area (Å²) in [4.78, 5) is 4.67. The predicted molar refractivity (Wildman–Crippen MR) is 191 cm³/mol. The maximum absolute atomic E-state index is 4.02. The highest BCUT2D eigenvalue weighted by Gasteiger charge is 2.18. The van der Waals surface area contributed by atoms with Crippen LogP contribution in [0, 0.1) is 0 Å². The summed E-state index contributed by atoms with van der Waals surface area (Å²) >= 11 is 0. The Morgan fingerprint density at radius 2 is 0.795 bits per heavy atom. The van der Waals surface area contributed by atoms with Gasteiger partial charge >= 0.3 is 0 Å². The van der Waals surface area contributed by atoms with Gasteiger partial charge in [0.05, 0.1) is 11.4 Å². The highest BCUT2D eigenvalue weighted by Crippen LogP contribution is 2.42. The number of nitrogens with zero attached hydrogens (tertiary/aromatic N) is 2. The van der Waals surface area contributed by atoms with Gasteiger partial charge in [-0.2, -0.15) is 0 Å². The van der Waals surface area contributed by atoms with Crippen molar-refractivity contribution < 1.29 is 0 Å². The number of anilines is 6. The number of hydrogen-bond donors (Lipinski definition) is 0. The predicted octanol–water partition coefficient (Wildman–Crippen LogP) is 12.2. The summed E-state index contributed by atoms with van der Waals surface area (Å²) in [5.74, 6) is 0. The third-order valence-corrected chi connectivity index (χ3v) is 8.13. The van der Waals surface area contributed by atoms with Gasteiger partial charge in [-0.05, 0) is 82.6 Å². The van der Waals surface area contributed by atoms with E-state index in [0.717, 1.165) is 45.3 Å². The number of rotatable bonds is 8. The molecule has 2 heteroatoms. The van der Waals surface area contributed by atoms with E-state index in [2.05, 4.69) is 181 Å². The van der Waals surface area contributed by atoms with Crippen LogP contribution < -0.4 is 9.80 Å². The average Bonchev–Trinajstić information content (AvgIpc) is 3.10. The van der Waals surface area contributed by atoms with Crippen molar-refractivity contribution in [2.45, 2.75) is 0 Å². The molecule has 0 N–H and O–H groups in total. The van der Waals surface area contributed by atoms with E-state index in [0.29, 0.717) is 0 Å². The maximum Gasteiger partial charge on any atom is 0.0540 e. The van der Waals surface area contributed by atoms with E-state index in [-0.39, 0.29) is 0 Å². The van der Waals surface area contributed by atoms with Crippen molar-refractivity contribution in [3.63, 3.8) is 0 Å². The molecular weight excluding hydrogens is 532 g/mol. The van der Waals surface area contributed by atoms with Gasteiger partial charge in [-0.15, -0.1) is 0 Å². The summed E-state index contributed by atoms with van der Waals surface area (Å²) in [6.45, 7) is 7.96. The van der Waals surface area contributed by atoms with Crippen LogP contribution in [0.4, 0.5) is 34.1 Å². The van der Waals surface area contributed by atoms with E-state index >= 15 is 0 Å². The Balaban J connectivity index is 1.39. The van der Waals surface area contributed by atoms with E-state index in [1.165, 1.54) is 21.5 Å². The van der Waals surface area contributed by atoms with Crippen molar-refractivity contribution in [1.82, 2.24) is 0 Å². The van der Waals surface area contributed by atoms with Crippen LogP contribution in [0.2, 0.25) is 0 Å². The molecule has 0 aliphatic heterocycles. The fourth-order valence-electron chi connectivity index (χ4n) is 5.96. The third kappa shape index (κ3) is 5.04.